The van der Waals surface area contributed by atoms with Crippen LogP contribution in [-0.4, -0.2) is 38.6 Å². The van der Waals surface area contributed by atoms with E-state index in [0.717, 1.165) is 42.6 Å². The van der Waals surface area contributed by atoms with E-state index in [9.17, 15) is 5.11 Å². The molecule has 2 N–H and O–H groups in total. The zero-order valence-corrected chi connectivity index (χ0v) is 16.3. The monoisotopic (exact) mass is 378 g/mol. The van der Waals surface area contributed by atoms with Crippen molar-refractivity contribution in [2.24, 2.45) is 5.92 Å². The molecule has 6 nitrogen and oxygen atoms in total. The highest BCUT2D eigenvalue weighted by molar-refractivity contribution is 6.29. The Morgan fingerprint density at radius 2 is 2.08 bits per heavy atom. The molecule has 0 unspecified atom stereocenters. The first-order chi connectivity index (χ1) is 12.4. The number of nitrogens with zero attached hydrogens (tertiary/aromatic N) is 3. The van der Waals surface area contributed by atoms with Crippen LogP contribution in [0.2, 0.25) is 5.15 Å². The van der Waals surface area contributed by atoms with Crippen molar-refractivity contribution in [2.75, 3.05) is 12.4 Å². The number of rotatable bonds is 6. The van der Waals surface area contributed by atoms with Gasteiger partial charge in [-0.25, -0.2) is 9.67 Å². The quantitative estimate of drug-likeness (QED) is 0.745. The number of nitrogens with one attached hydrogen (secondary N) is 1. The molecule has 7 heteroatoms. The fourth-order valence-corrected chi connectivity index (χ4v) is 3.78. The van der Waals surface area contributed by atoms with E-state index in [0.29, 0.717) is 23.8 Å². The molecule has 1 saturated carbocycles. The molecule has 26 heavy (non-hydrogen) atoms. The highest BCUT2D eigenvalue weighted by Gasteiger charge is 2.31. The van der Waals surface area contributed by atoms with Crippen molar-refractivity contribution < 1.29 is 9.84 Å². The maximum Gasteiger partial charge on any atom is 0.138 e. The lowest BCUT2D eigenvalue weighted by molar-refractivity contribution is -0.000389. The number of anilines is 1. The molecule has 0 amide bonds. The molecule has 0 radical (unpaired) electrons. The largest absolute Gasteiger partial charge is 0.390 e. The zero-order chi connectivity index (χ0) is 18.7. The van der Waals surface area contributed by atoms with Gasteiger partial charge in [0, 0.05) is 36.8 Å². The predicted molar refractivity (Wildman–Crippen MR) is 103 cm³/mol. The van der Waals surface area contributed by atoms with Gasteiger partial charge in [0.1, 0.15) is 11.9 Å². The number of hydrogen-bond donors (Lipinski definition) is 2. The molecule has 2 heterocycles. The van der Waals surface area contributed by atoms with Gasteiger partial charge in [-0.3, -0.25) is 0 Å². The van der Waals surface area contributed by atoms with Crippen LogP contribution in [0.1, 0.15) is 39.5 Å². The maximum absolute atomic E-state index is 10.2. The molecule has 3 rings (SSSR count). The molecule has 2 aromatic heterocycles. The van der Waals surface area contributed by atoms with Crippen molar-refractivity contribution in [3.8, 4) is 11.3 Å². The molecule has 1 aliphatic rings. The van der Waals surface area contributed by atoms with Crippen LogP contribution in [0.25, 0.3) is 11.3 Å². The number of methoxy groups -OCH3 is 1. The van der Waals surface area contributed by atoms with Crippen molar-refractivity contribution in [1.82, 2.24) is 14.8 Å². The van der Waals surface area contributed by atoms with Crippen LogP contribution in [-0.2, 0) is 11.5 Å². The van der Waals surface area contributed by atoms with Crippen LogP contribution < -0.4 is 5.32 Å². The van der Waals surface area contributed by atoms with Crippen molar-refractivity contribution in [2.45, 2.75) is 57.9 Å². The molecule has 0 spiro atoms. The minimum Gasteiger partial charge on any atom is -0.390 e. The van der Waals surface area contributed by atoms with Gasteiger partial charge in [-0.05, 0) is 57.6 Å². The van der Waals surface area contributed by atoms with Gasteiger partial charge in [0.05, 0.1) is 11.3 Å². The number of halogens is 1. The summed E-state index contributed by atoms with van der Waals surface area (Å²) in [6, 6.07) is 4.15. The lowest BCUT2D eigenvalue weighted by Gasteiger charge is -2.36. The van der Waals surface area contributed by atoms with Gasteiger partial charge in [0.2, 0.25) is 0 Å². The van der Waals surface area contributed by atoms with E-state index < -0.39 is 5.60 Å². The Morgan fingerprint density at radius 3 is 2.73 bits per heavy atom. The third kappa shape index (κ3) is 4.55. The SMILES string of the molecule is COCn1ccc(-c2cnc(Cl)cc2NC2CCC(C(C)(C)O)CC2)n1. The first kappa shape index (κ1) is 19.1. The average molecular weight is 379 g/mol. The summed E-state index contributed by atoms with van der Waals surface area (Å²) in [4.78, 5) is 4.22. The minimum atomic E-state index is -0.607. The van der Waals surface area contributed by atoms with Crippen LogP contribution >= 0.6 is 11.6 Å². The fourth-order valence-electron chi connectivity index (χ4n) is 3.63. The van der Waals surface area contributed by atoms with Gasteiger partial charge in [0.15, 0.2) is 0 Å². The van der Waals surface area contributed by atoms with Gasteiger partial charge in [0.25, 0.3) is 0 Å². The van der Waals surface area contributed by atoms with Crippen LogP contribution in [0.3, 0.4) is 0 Å². The Labute approximate surface area is 159 Å². The van der Waals surface area contributed by atoms with Gasteiger partial charge in [-0.2, -0.15) is 5.10 Å². The zero-order valence-electron chi connectivity index (χ0n) is 15.6. The van der Waals surface area contributed by atoms with E-state index in [1.54, 1.807) is 18.0 Å². The number of aromatic nitrogens is 3. The number of pyridine rings is 1. The second-order valence-corrected chi connectivity index (χ2v) is 7.94. The lowest BCUT2D eigenvalue weighted by Crippen LogP contribution is -2.37. The molecule has 142 valence electrons. The van der Waals surface area contributed by atoms with Crippen molar-refractivity contribution >= 4 is 17.3 Å². The Bertz CT molecular complexity index is 733. The Kier molecular flexibility index (Phi) is 5.85. The number of aliphatic hydroxyl groups is 1. The molecule has 0 aliphatic heterocycles. The molecule has 0 aromatic carbocycles. The summed E-state index contributed by atoms with van der Waals surface area (Å²) in [6.45, 7) is 4.22. The minimum absolute atomic E-state index is 0.353. The van der Waals surface area contributed by atoms with Crippen LogP contribution in [0.15, 0.2) is 24.5 Å². The molecule has 2 aromatic rings. The normalized spacial score (nSPS) is 21.0. The maximum atomic E-state index is 10.2. The molecule has 1 fully saturated rings. The summed E-state index contributed by atoms with van der Waals surface area (Å²) in [5.74, 6) is 0.353. The summed E-state index contributed by atoms with van der Waals surface area (Å²) in [5, 5.41) is 18.8. The highest BCUT2D eigenvalue weighted by Crippen LogP contribution is 2.35. The van der Waals surface area contributed by atoms with Crippen molar-refractivity contribution in [1.29, 1.82) is 0 Å². The van der Waals surface area contributed by atoms with Gasteiger partial charge < -0.3 is 15.2 Å². The molecular formula is C19H27ClN4O2. The van der Waals surface area contributed by atoms with Gasteiger partial charge in [-0.1, -0.05) is 11.6 Å². The molecule has 0 atom stereocenters. The summed E-state index contributed by atoms with van der Waals surface area (Å²) < 4.78 is 6.85. The third-order valence-corrected chi connectivity index (χ3v) is 5.34. The Hall–Kier alpha value is -1.63. The van der Waals surface area contributed by atoms with E-state index in [1.807, 2.05) is 32.2 Å². The Balaban J connectivity index is 1.74. The summed E-state index contributed by atoms with van der Waals surface area (Å²) in [7, 11) is 1.64. The summed E-state index contributed by atoms with van der Waals surface area (Å²) in [6.07, 6.45) is 7.70. The number of hydrogen-bond acceptors (Lipinski definition) is 5. The van der Waals surface area contributed by atoms with Crippen LogP contribution in [0, 0.1) is 5.92 Å². The molecule has 0 bridgehead atoms. The van der Waals surface area contributed by atoms with E-state index in [2.05, 4.69) is 15.4 Å². The van der Waals surface area contributed by atoms with Crippen molar-refractivity contribution in [3.63, 3.8) is 0 Å². The van der Waals surface area contributed by atoms with Crippen molar-refractivity contribution in [3.05, 3.63) is 29.7 Å². The van der Waals surface area contributed by atoms with E-state index >= 15 is 0 Å². The molecular weight excluding hydrogens is 352 g/mol. The van der Waals surface area contributed by atoms with Crippen LogP contribution in [0.4, 0.5) is 5.69 Å². The third-order valence-electron chi connectivity index (χ3n) is 5.13. The highest BCUT2D eigenvalue weighted by atomic mass is 35.5. The van der Waals surface area contributed by atoms with Gasteiger partial charge in [-0.15, -0.1) is 0 Å². The topological polar surface area (TPSA) is 72.2 Å². The molecule has 0 saturated heterocycles. The van der Waals surface area contributed by atoms with Gasteiger partial charge >= 0.3 is 0 Å². The van der Waals surface area contributed by atoms with E-state index in [4.69, 9.17) is 16.3 Å². The Morgan fingerprint density at radius 1 is 1.35 bits per heavy atom. The second kappa shape index (κ2) is 7.94. The predicted octanol–water partition coefficient (Wildman–Crippen LogP) is 3.94. The lowest BCUT2D eigenvalue weighted by atomic mass is 9.77. The first-order valence-electron chi connectivity index (χ1n) is 9.04. The molecule has 1 aliphatic carbocycles. The first-order valence-corrected chi connectivity index (χ1v) is 9.42. The average Bonchev–Trinajstić information content (AvgIpc) is 3.03. The fraction of sp³-hybridized carbons (Fsp3) is 0.579. The van der Waals surface area contributed by atoms with Crippen LogP contribution in [0.5, 0.6) is 0 Å². The summed E-state index contributed by atoms with van der Waals surface area (Å²) >= 11 is 6.13. The number of ether oxygens (including phenoxy) is 1. The summed E-state index contributed by atoms with van der Waals surface area (Å²) in [5.41, 5.74) is 2.09. The second-order valence-electron chi connectivity index (χ2n) is 7.56. The smallest absolute Gasteiger partial charge is 0.138 e. The van der Waals surface area contributed by atoms with E-state index in [1.165, 1.54) is 0 Å². The standard InChI is InChI=1S/C19H27ClN4O2/c1-19(2,25)13-4-6-14(7-5-13)22-17-10-18(20)21-11-15(17)16-8-9-24(23-16)12-26-3/h8-11,13-14,25H,4-7,12H2,1-3H3,(H,21,22). The van der Waals surface area contributed by atoms with E-state index in [-0.39, 0.29) is 0 Å².